The summed E-state index contributed by atoms with van der Waals surface area (Å²) in [6, 6.07) is 0. The second-order valence-electron chi connectivity index (χ2n) is 2.02. The molecule has 0 aromatic carbocycles. The Morgan fingerprint density at radius 1 is 1.33 bits per heavy atom. The van der Waals surface area contributed by atoms with Gasteiger partial charge in [-0.25, -0.2) is 4.39 Å². The highest BCUT2D eigenvalue weighted by molar-refractivity contribution is 9.12. The van der Waals surface area contributed by atoms with Crippen molar-refractivity contribution in [1.82, 2.24) is 5.32 Å². The lowest BCUT2D eigenvalue weighted by Crippen LogP contribution is -2.36. The van der Waals surface area contributed by atoms with Crippen molar-refractivity contribution in [2.45, 2.75) is 15.8 Å². The molecule has 12 heavy (non-hydrogen) atoms. The van der Waals surface area contributed by atoms with Crippen LogP contribution in [0, 0.1) is 0 Å². The van der Waals surface area contributed by atoms with Crippen molar-refractivity contribution in [3.8, 4) is 0 Å². The summed E-state index contributed by atoms with van der Waals surface area (Å²) in [6.07, 6.45) is -0.390. The van der Waals surface area contributed by atoms with E-state index >= 15 is 0 Å². The SMILES string of the molecule is FC(F)(Br)C(F)(Br)CCNC=S. The third kappa shape index (κ3) is 4.04. The minimum atomic E-state index is -3.58. The Morgan fingerprint density at radius 2 is 1.83 bits per heavy atom. The molecule has 7 heteroatoms. The molecule has 0 bridgehead atoms. The van der Waals surface area contributed by atoms with E-state index in [1.54, 1.807) is 0 Å². The Morgan fingerprint density at radius 3 is 2.17 bits per heavy atom. The highest BCUT2D eigenvalue weighted by Gasteiger charge is 2.50. The van der Waals surface area contributed by atoms with Gasteiger partial charge >= 0.3 is 4.83 Å². The highest BCUT2D eigenvalue weighted by atomic mass is 79.9. The van der Waals surface area contributed by atoms with Gasteiger partial charge in [0.05, 0.1) is 5.49 Å². The molecule has 0 rings (SSSR count). The van der Waals surface area contributed by atoms with E-state index < -0.39 is 15.8 Å². The first-order chi connectivity index (χ1) is 5.31. The quantitative estimate of drug-likeness (QED) is 0.473. The molecule has 1 atom stereocenters. The number of nitrogens with one attached hydrogen (secondary N) is 1. The van der Waals surface area contributed by atoms with Crippen LogP contribution in [-0.2, 0) is 0 Å². The number of thiocarbonyl (C=S) groups is 1. The molecular weight excluding hydrogens is 323 g/mol. The van der Waals surface area contributed by atoms with Crippen LogP contribution in [0.4, 0.5) is 13.2 Å². The molecule has 72 valence electrons. The number of halogens is 5. The first kappa shape index (κ1) is 12.6. The maximum absolute atomic E-state index is 13.0. The van der Waals surface area contributed by atoms with Crippen LogP contribution in [0.15, 0.2) is 0 Å². The molecular formula is C5H6Br2F3NS. The van der Waals surface area contributed by atoms with E-state index in [-0.39, 0.29) is 6.54 Å². The summed E-state index contributed by atoms with van der Waals surface area (Å²) in [5.74, 6) is 0. The predicted molar refractivity (Wildman–Crippen MR) is 52.9 cm³/mol. The van der Waals surface area contributed by atoms with Crippen LogP contribution in [0.25, 0.3) is 0 Å². The summed E-state index contributed by atoms with van der Waals surface area (Å²) in [7, 11) is 0. The van der Waals surface area contributed by atoms with Crippen LogP contribution < -0.4 is 5.32 Å². The summed E-state index contributed by atoms with van der Waals surface area (Å²) < 4.78 is 34.9. The van der Waals surface area contributed by atoms with E-state index in [2.05, 4.69) is 33.5 Å². The summed E-state index contributed by atoms with van der Waals surface area (Å²) in [5, 5.41) is 2.44. The zero-order valence-corrected chi connectivity index (χ0v) is 9.78. The van der Waals surface area contributed by atoms with Crippen molar-refractivity contribution < 1.29 is 13.2 Å². The van der Waals surface area contributed by atoms with Gasteiger partial charge < -0.3 is 5.32 Å². The van der Waals surface area contributed by atoms with Gasteiger partial charge in [0.15, 0.2) is 0 Å². The van der Waals surface area contributed by atoms with Gasteiger partial charge in [0.2, 0.25) is 4.58 Å². The number of rotatable bonds is 5. The second-order valence-corrected chi connectivity index (χ2v) is 4.51. The van der Waals surface area contributed by atoms with Crippen molar-refractivity contribution in [3.05, 3.63) is 0 Å². The second kappa shape index (κ2) is 4.76. The van der Waals surface area contributed by atoms with Crippen LogP contribution >= 0.6 is 44.1 Å². The van der Waals surface area contributed by atoms with Crippen LogP contribution in [0.5, 0.6) is 0 Å². The maximum atomic E-state index is 13.0. The number of hydrogen-bond donors (Lipinski definition) is 1. The first-order valence-corrected chi connectivity index (χ1v) is 4.98. The van der Waals surface area contributed by atoms with Gasteiger partial charge in [-0.15, -0.1) is 0 Å². The average Bonchev–Trinajstić information content (AvgIpc) is 1.85. The normalized spacial score (nSPS) is 16.8. The molecule has 0 saturated carbocycles. The van der Waals surface area contributed by atoms with E-state index in [1.807, 2.05) is 15.9 Å². The lowest BCUT2D eigenvalue weighted by molar-refractivity contribution is 0.00128. The van der Waals surface area contributed by atoms with Gasteiger partial charge in [-0.2, -0.15) is 8.78 Å². The molecule has 0 radical (unpaired) electrons. The topological polar surface area (TPSA) is 12.0 Å². The van der Waals surface area contributed by atoms with Gasteiger partial charge in [0.25, 0.3) is 0 Å². The summed E-state index contributed by atoms with van der Waals surface area (Å²) in [5.41, 5.74) is 1.15. The van der Waals surface area contributed by atoms with Crippen LogP contribution in [0.3, 0.4) is 0 Å². The van der Waals surface area contributed by atoms with Crippen LogP contribution in [-0.4, -0.2) is 21.4 Å². The van der Waals surface area contributed by atoms with Gasteiger partial charge in [-0.1, -0.05) is 12.2 Å². The molecule has 0 spiro atoms. The molecule has 1 nitrogen and oxygen atoms in total. The molecule has 1 unspecified atom stereocenters. The molecule has 1 N–H and O–H groups in total. The zero-order chi connectivity index (χ0) is 9.83. The van der Waals surface area contributed by atoms with Crippen molar-refractivity contribution in [2.75, 3.05) is 6.54 Å². The Bertz CT molecular complexity index is 159. The van der Waals surface area contributed by atoms with Gasteiger partial charge in [-0.3, -0.25) is 0 Å². The van der Waals surface area contributed by atoms with E-state index in [0.29, 0.717) is 0 Å². The fourth-order valence-electron chi connectivity index (χ4n) is 0.430. The molecule has 0 amide bonds. The summed E-state index contributed by atoms with van der Waals surface area (Å²) >= 11 is 8.57. The lowest BCUT2D eigenvalue weighted by atomic mass is 10.3. The predicted octanol–water partition coefficient (Wildman–Crippen LogP) is 2.97. The minimum absolute atomic E-state index is 0.0481. The first-order valence-electron chi connectivity index (χ1n) is 2.93. The molecule has 0 aromatic heterocycles. The van der Waals surface area contributed by atoms with E-state index in [1.165, 1.54) is 0 Å². The Labute approximate surface area is 90.3 Å². The summed E-state index contributed by atoms with van der Waals surface area (Å²) in [4.78, 5) is -3.58. The molecule has 0 aliphatic carbocycles. The van der Waals surface area contributed by atoms with E-state index in [0.717, 1.165) is 5.49 Å². The maximum Gasteiger partial charge on any atom is 0.344 e. The van der Waals surface area contributed by atoms with Crippen molar-refractivity contribution in [2.24, 2.45) is 0 Å². The standard InChI is InChI=1S/C5H6Br2F3NS/c6-4(8,5(7,9)10)1-2-11-3-12/h3H,1-2H2,(H,11,12). The van der Waals surface area contributed by atoms with E-state index in [9.17, 15) is 13.2 Å². The number of hydrogen-bond acceptors (Lipinski definition) is 1. The molecule has 0 saturated heterocycles. The molecule has 0 fully saturated rings. The zero-order valence-electron chi connectivity index (χ0n) is 5.79. The Balaban J connectivity index is 3.95. The largest absolute Gasteiger partial charge is 0.382 e. The van der Waals surface area contributed by atoms with E-state index in [4.69, 9.17) is 0 Å². The Hall–Kier alpha value is 0.640. The van der Waals surface area contributed by atoms with Crippen LogP contribution in [0.2, 0.25) is 0 Å². The monoisotopic (exact) mass is 327 g/mol. The van der Waals surface area contributed by atoms with Crippen molar-refractivity contribution in [1.29, 1.82) is 0 Å². The smallest absolute Gasteiger partial charge is 0.344 e. The van der Waals surface area contributed by atoms with Crippen molar-refractivity contribution >= 4 is 49.6 Å². The lowest BCUT2D eigenvalue weighted by Gasteiger charge is -2.23. The molecule has 0 aliphatic rings. The molecule has 0 aliphatic heterocycles. The fraction of sp³-hybridized carbons (Fsp3) is 0.800. The third-order valence-electron chi connectivity index (χ3n) is 1.08. The average molecular weight is 329 g/mol. The molecule has 0 heterocycles. The fourth-order valence-corrected chi connectivity index (χ4v) is 0.944. The highest BCUT2D eigenvalue weighted by Crippen LogP contribution is 2.44. The van der Waals surface area contributed by atoms with Gasteiger partial charge in [0, 0.05) is 13.0 Å². The van der Waals surface area contributed by atoms with Gasteiger partial charge in [-0.05, 0) is 31.9 Å². The molecule has 0 aromatic rings. The Kier molecular flexibility index (Phi) is 5.01. The van der Waals surface area contributed by atoms with Crippen molar-refractivity contribution in [3.63, 3.8) is 0 Å². The minimum Gasteiger partial charge on any atom is -0.382 e. The number of alkyl halides is 5. The summed E-state index contributed by atoms with van der Waals surface area (Å²) in [6.45, 7) is 0.0481. The van der Waals surface area contributed by atoms with Crippen LogP contribution in [0.1, 0.15) is 6.42 Å². The van der Waals surface area contributed by atoms with Gasteiger partial charge in [0.1, 0.15) is 0 Å². The third-order valence-corrected chi connectivity index (χ3v) is 3.30.